The molecule has 2 amide bonds. The molecule has 10 nitrogen and oxygen atoms in total. The summed E-state index contributed by atoms with van der Waals surface area (Å²) in [4.78, 5) is 33.5. The second kappa shape index (κ2) is 9.83. The lowest BCUT2D eigenvalue weighted by Crippen LogP contribution is -2.20. The summed E-state index contributed by atoms with van der Waals surface area (Å²) >= 11 is 0. The van der Waals surface area contributed by atoms with Gasteiger partial charge in [-0.05, 0) is 43.7 Å². The van der Waals surface area contributed by atoms with E-state index >= 15 is 0 Å². The lowest BCUT2D eigenvalue weighted by atomic mass is 10.1. The van der Waals surface area contributed by atoms with Gasteiger partial charge in [-0.3, -0.25) is 19.7 Å². The van der Waals surface area contributed by atoms with Gasteiger partial charge < -0.3 is 15.2 Å². The number of nitrogens with one attached hydrogen (secondary N) is 1. The molecule has 0 bridgehead atoms. The zero-order valence-electron chi connectivity index (χ0n) is 15.9. The van der Waals surface area contributed by atoms with E-state index in [0.717, 1.165) is 0 Å². The molecule has 3 N–H and O–H groups in total. The highest BCUT2D eigenvalue weighted by atomic mass is 16.6. The van der Waals surface area contributed by atoms with Crippen LogP contribution in [-0.4, -0.2) is 36.2 Å². The molecule has 2 aromatic rings. The van der Waals surface area contributed by atoms with E-state index in [2.05, 4.69) is 10.5 Å². The first-order chi connectivity index (χ1) is 13.8. The van der Waals surface area contributed by atoms with Gasteiger partial charge in [-0.15, -0.1) is 0 Å². The minimum atomic E-state index is -0.614. The third-order valence-electron chi connectivity index (χ3n) is 3.69. The number of aryl methyl sites for hydroxylation is 1. The fourth-order valence-electron chi connectivity index (χ4n) is 2.32. The largest absolute Gasteiger partial charge is 0.490 e. The number of benzene rings is 2. The molecule has 0 saturated heterocycles. The van der Waals surface area contributed by atoms with Crippen LogP contribution in [0.2, 0.25) is 0 Å². The number of carbonyl (C=O) groups is 2. The molecule has 2 rings (SSSR count). The molecule has 0 aromatic heterocycles. The minimum absolute atomic E-state index is 0.115. The summed E-state index contributed by atoms with van der Waals surface area (Å²) in [6.45, 7) is 3.47. The van der Waals surface area contributed by atoms with Crippen molar-refractivity contribution in [2.45, 2.75) is 13.8 Å². The average Bonchev–Trinajstić information content (AvgIpc) is 2.67. The second-order valence-corrected chi connectivity index (χ2v) is 5.85. The SMILES string of the molecule is CCOc1cc(C=NNC(=O)c2ccc(C)c([N+](=O)[O-])c2)ccc1OCC(N)=O. The van der Waals surface area contributed by atoms with E-state index in [1.807, 2.05) is 0 Å². The molecule has 2 aromatic carbocycles. The van der Waals surface area contributed by atoms with Crippen molar-refractivity contribution < 1.29 is 24.0 Å². The molecule has 29 heavy (non-hydrogen) atoms. The molecule has 0 spiro atoms. The zero-order valence-corrected chi connectivity index (χ0v) is 15.9. The molecule has 0 heterocycles. The maximum absolute atomic E-state index is 12.2. The summed E-state index contributed by atoms with van der Waals surface area (Å²) < 4.78 is 10.7. The molecular formula is C19H20N4O6. The van der Waals surface area contributed by atoms with E-state index in [4.69, 9.17) is 15.2 Å². The summed E-state index contributed by atoms with van der Waals surface area (Å²) in [5.41, 5.74) is 8.40. The van der Waals surface area contributed by atoms with Crippen molar-refractivity contribution in [1.82, 2.24) is 5.43 Å². The zero-order chi connectivity index (χ0) is 21.4. The molecule has 10 heteroatoms. The molecule has 0 radical (unpaired) electrons. The number of ether oxygens (including phenoxy) is 2. The Morgan fingerprint density at radius 1 is 1.21 bits per heavy atom. The Hall–Kier alpha value is -3.95. The van der Waals surface area contributed by atoms with Crippen molar-refractivity contribution in [2.75, 3.05) is 13.2 Å². The topological polar surface area (TPSA) is 146 Å². The number of hydrazone groups is 1. The maximum Gasteiger partial charge on any atom is 0.273 e. The first kappa shape index (κ1) is 21.4. The Morgan fingerprint density at radius 2 is 1.97 bits per heavy atom. The van der Waals surface area contributed by atoms with Crippen molar-refractivity contribution in [3.8, 4) is 11.5 Å². The lowest BCUT2D eigenvalue weighted by molar-refractivity contribution is -0.385. The first-order valence-electron chi connectivity index (χ1n) is 8.58. The number of carbonyl (C=O) groups excluding carboxylic acids is 2. The number of nitrogens with zero attached hydrogens (tertiary/aromatic N) is 2. The number of nitro benzene ring substituents is 1. The standard InChI is InChI=1S/C19H20N4O6/c1-3-28-17-8-13(5-7-16(17)29-11-18(20)24)10-21-22-19(25)14-6-4-12(2)15(9-14)23(26)27/h4-10H,3,11H2,1-2H3,(H2,20,24)(H,22,25). The number of amides is 2. The van der Waals surface area contributed by atoms with E-state index in [0.29, 0.717) is 29.2 Å². The van der Waals surface area contributed by atoms with Crippen LogP contribution < -0.4 is 20.6 Å². The quantitative estimate of drug-likeness (QED) is 0.373. The van der Waals surface area contributed by atoms with Crippen LogP contribution >= 0.6 is 0 Å². The van der Waals surface area contributed by atoms with Gasteiger partial charge in [0.15, 0.2) is 18.1 Å². The van der Waals surface area contributed by atoms with Crippen molar-refractivity contribution >= 4 is 23.7 Å². The van der Waals surface area contributed by atoms with Crippen LogP contribution in [0.4, 0.5) is 5.69 Å². The number of rotatable bonds is 9. The van der Waals surface area contributed by atoms with Gasteiger partial charge in [0.1, 0.15) is 0 Å². The van der Waals surface area contributed by atoms with Crippen molar-refractivity contribution in [1.29, 1.82) is 0 Å². The van der Waals surface area contributed by atoms with Crippen LogP contribution in [0.15, 0.2) is 41.5 Å². The number of hydrogen-bond acceptors (Lipinski definition) is 7. The Morgan fingerprint density at radius 3 is 2.62 bits per heavy atom. The van der Waals surface area contributed by atoms with Crippen molar-refractivity contribution in [2.24, 2.45) is 10.8 Å². The van der Waals surface area contributed by atoms with Crippen LogP contribution in [0.3, 0.4) is 0 Å². The molecule has 0 aliphatic heterocycles. The summed E-state index contributed by atoms with van der Waals surface area (Å²) in [6, 6.07) is 9.01. The maximum atomic E-state index is 12.2. The van der Waals surface area contributed by atoms with Crippen LogP contribution in [0.1, 0.15) is 28.4 Å². The van der Waals surface area contributed by atoms with Gasteiger partial charge in [0, 0.05) is 17.2 Å². The predicted molar refractivity (Wildman–Crippen MR) is 105 cm³/mol. The Kier molecular flexibility index (Phi) is 7.24. The van der Waals surface area contributed by atoms with Crippen molar-refractivity contribution in [3.05, 3.63) is 63.2 Å². The third kappa shape index (κ3) is 6.03. The summed E-state index contributed by atoms with van der Waals surface area (Å²) in [7, 11) is 0. The highest BCUT2D eigenvalue weighted by Crippen LogP contribution is 2.28. The molecule has 0 aliphatic rings. The van der Waals surface area contributed by atoms with E-state index in [1.165, 1.54) is 24.4 Å². The molecule has 0 fully saturated rings. The summed E-state index contributed by atoms with van der Waals surface area (Å²) in [5.74, 6) is -0.468. The van der Waals surface area contributed by atoms with E-state index in [1.54, 1.807) is 32.0 Å². The first-order valence-corrected chi connectivity index (χ1v) is 8.58. The van der Waals surface area contributed by atoms with Gasteiger partial charge in [0.2, 0.25) is 0 Å². The summed E-state index contributed by atoms with van der Waals surface area (Å²) in [5, 5.41) is 14.8. The number of nitro groups is 1. The molecule has 0 atom stereocenters. The second-order valence-electron chi connectivity index (χ2n) is 5.85. The van der Waals surface area contributed by atoms with Gasteiger partial charge in [-0.1, -0.05) is 6.07 Å². The fraction of sp³-hybridized carbons (Fsp3) is 0.211. The monoisotopic (exact) mass is 400 g/mol. The van der Waals surface area contributed by atoms with Crippen LogP contribution in [0.25, 0.3) is 0 Å². The van der Waals surface area contributed by atoms with Crippen LogP contribution in [-0.2, 0) is 4.79 Å². The van der Waals surface area contributed by atoms with Gasteiger partial charge >= 0.3 is 0 Å². The molecule has 0 aliphatic carbocycles. The van der Waals surface area contributed by atoms with Gasteiger partial charge in [0.25, 0.3) is 17.5 Å². The number of primary amides is 1. The highest BCUT2D eigenvalue weighted by Gasteiger charge is 2.14. The van der Waals surface area contributed by atoms with Gasteiger partial charge in [-0.2, -0.15) is 5.10 Å². The highest BCUT2D eigenvalue weighted by molar-refractivity contribution is 5.95. The number of hydrogen-bond donors (Lipinski definition) is 2. The lowest BCUT2D eigenvalue weighted by Gasteiger charge is -2.11. The van der Waals surface area contributed by atoms with Crippen LogP contribution in [0, 0.1) is 17.0 Å². The van der Waals surface area contributed by atoms with Gasteiger partial charge in [0.05, 0.1) is 17.7 Å². The predicted octanol–water partition coefficient (Wildman–Crippen LogP) is 1.93. The van der Waals surface area contributed by atoms with E-state index in [-0.39, 0.29) is 17.9 Å². The number of nitrogens with two attached hydrogens (primary N) is 1. The molecule has 0 unspecified atom stereocenters. The van der Waals surface area contributed by atoms with Gasteiger partial charge in [-0.25, -0.2) is 5.43 Å². The average molecular weight is 400 g/mol. The Balaban J connectivity index is 2.10. The van der Waals surface area contributed by atoms with E-state index in [9.17, 15) is 19.7 Å². The normalized spacial score (nSPS) is 10.6. The molecular weight excluding hydrogens is 380 g/mol. The molecule has 0 saturated carbocycles. The van der Waals surface area contributed by atoms with Crippen LogP contribution in [0.5, 0.6) is 11.5 Å². The van der Waals surface area contributed by atoms with Crippen molar-refractivity contribution in [3.63, 3.8) is 0 Å². The molecule has 152 valence electrons. The third-order valence-corrected chi connectivity index (χ3v) is 3.69. The Bertz CT molecular complexity index is 958. The smallest absolute Gasteiger partial charge is 0.273 e. The fourth-order valence-corrected chi connectivity index (χ4v) is 2.32. The minimum Gasteiger partial charge on any atom is -0.490 e. The Labute approximate surface area is 166 Å². The van der Waals surface area contributed by atoms with E-state index < -0.39 is 16.7 Å². The summed E-state index contributed by atoms with van der Waals surface area (Å²) in [6.07, 6.45) is 1.38.